The van der Waals surface area contributed by atoms with E-state index in [-0.39, 0.29) is 11.2 Å². The molecule has 0 radical (unpaired) electrons. The quantitative estimate of drug-likeness (QED) is 0.570. The Morgan fingerprint density at radius 3 is 2.83 bits per heavy atom. The number of carbonyl (C=O) groups excluding carboxylic acids is 1. The van der Waals surface area contributed by atoms with Gasteiger partial charge in [-0.3, -0.25) is 4.79 Å². The fraction of sp³-hybridized carbons (Fsp3) is 0.364. The number of allylic oxidation sites excluding steroid dienone is 5. The van der Waals surface area contributed by atoms with Crippen molar-refractivity contribution in [3.8, 4) is 0 Å². The third-order valence-electron chi connectivity index (χ3n) is 2.18. The van der Waals surface area contributed by atoms with Gasteiger partial charge in [0.05, 0.1) is 5.41 Å². The summed E-state index contributed by atoms with van der Waals surface area (Å²) in [4.78, 5) is 11.5. The second-order valence-electron chi connectivity index (χ2n) is 3.50. The third kappa shape index (κ3) is 1.55. The summed E-state index contributed by atoms with van der Waals surface area (Å²) in [6, 6.07) is 0. The zero-order valence-corrected chi connectivity index (χ0v) is 7.63. The third-order valence-corrected chi connectivity index (χ3v) is 2.18. The number of ketones is 1. The van der Waals surface area contributed by atoms with Crippen molar-refractivity contribution in [2.75, 3.05) is 0 Å². The standard InChI is InChI=1S/C11H14O/c1-4-7-11(3)8-9(2)5-6-10(11)12/h4-6,8H,1,7H2,2-3H3. The van der Waals surface area contributed by atoms with E-state index in [1.807, 2.05) is 26.0 Å². The van der Waals surface area contributed by atoms with Crippen LogP contribution in [0.15, 0.2) is 36.5 Å². The molecule has 64 valence electrons. The molecule has 1 atom stereocenters. The number of hydrogen-bond acceptors (Lipinski definition) is 1. The number of hydrogen-bond donors (Lipinski definition) is 0. The molecule has 1 aliphatic rings. The van der Waals surface area contributed by atoms with Gasteiger partial charge in [-0.1, -0.05) is 23.8 Å². The molecule has 0 spiro atoms. The van der Waals surface area contributed by atoms with E-state index < -0.39 is 0 Å². The highest BCUT2D eigenvalue weighted by Crippen LogP contribution is 2.30. The van der Waals surface area contributed by atoms with Crippen molar-refractivity contribution in [2.24, 2.45) is 5.41 Å². The summed E-state index contributed by atoms with van der Waals surface area (Å²) in [5.74, 6) is 0.174. The van der Waals surface area contributed by atoms with Gasteiger partial charge in [0.25, 0.3) is 0 Å². The van der Waals surface area contributed by atoms with Crippen molar-refractivity contribution in [2.45, 2.75) is 20.3 Å². The Morgan fingerprint density at radius 1 is 1.58 bits per heavy atom. The molecule has 0 amide bonds. The van der Waals surface area contributed by atoms with Crippen LogP contribution in [0, 0.1) is 5.41 Å². The molecule has 0 aromatic heterocycles. The molecule has 0 aliphatic heterocycles. The molecule has 12 heavy (non-hydrogen) atoms. The zero-order valence-electron chi connectivity index (χ0n) is 7.63. The fourth-order valence-corrected chi connectivity index (χ4v) is 1.48. The lowest BCUT2D eigenvalue weighted by atomic mass is 9.78. The lowest BCUT2D eigenvalue weighted by Gasteiger charge is -2.24. The normalized spacial score (nSPS) is 28.5. The van der Waals surface area contributed by atoms with Gasteiger partial charge < -0.3 is 0 Å². The van der Waals surface area contributed by atoms with Gasteiger partial charge in [0, 0.05) is 0 Å². The Bertz CT molecular complexity index is 271. The smallest absolute Gasteiger partial charge is 0.165 e. The van der Waals surface area contributed by atoms with Crippen LogP contribution in [0.1, 0.15) is 20.3 Å². The van der Waals surface area contributed by atoms with Gasteiger partial charge in [0.1, 0.15) is 0 Å². The number of rotatable bonds is 2. The Labute approximate surface area is 73.5 Å². The van der Waals surface area contributed by atoms with Crippen LogP contribution in [0.2, 0.25) is 0 Å². The fourth-order valence-electron chi connectivity index (χ4n) is 1.48. The van der Waals surface area contributed by atoms with E-state index in [1.165, 1.54) is 0 Å². The second kappa shape index (κ2) is 3.10. The predicted molar refractivity (Wildman–Crippen MR) is 50.8 cm³/mol. The topological polar surface area (TPSA) is 17.1 Å². The molecule has 0 fully saturated rings. The maximum absolute atomic E-state index is 11.5. The molecule has 0 aromatic rings. The monoisotopic (exact) mass is 162 g/mol. The first-order valence-electron chi connectivity index (χ1n) is 4.11. The minimum Gasteiger partial charge on any atom is -0.294 e. The van der Waals surface area contributed by atoms with Gasteiger partial charge in [-0.05, 0) is 26.3 Å². The molecule has 1 nitrogen and oxygen atoms in total. The summed E-state index contributed by atoms with van der Waals surface area (Å²) in [5, 5.41) is 0. The van der Waals surface area contributed by atoms with Crippen LogP contribution in [0.25, 0.3) is 0 Å². The Morgan fingerprint density at radius 2 is 2.25 bits per heavy atom. The number of carbonyl (C=O) groups is 1. The van der Waals surface area contributed by atoms with E-state index >= 15 is 0 Å². The van der Waals surface area contributed by atoms with E-state index in [9.17, 15) is 4.79 Å². The lowest BCUT2D eigenvalue weighted by Crippen LogP contribution is -2.25. The van der Waals surface area contributed by atoms with Crippen LogP contribution >= 0.6 is 0 Å². The summed E-state index contributed by atoms with van der Waals surface area (Å²) >= 11 is 0. The van der Waals surface area contributed by atoms with Gasteiger partial charge in [-0.2, -0.15) is 0 Å². The Kier molecular flexibility index (Phi) is 2.32. The highest BCUT2D eigenvalue weighted by molar-refractivity contribution is 5.97. The van der Waals surface area contributed by atoms with Crippen molar-refractivity contribution in [1.82, 2.24) is 0 Å². The minimum atomic E-state index is -0.347. The highest BCUT2D eigenvalue weighted by atomic mass is 16.1. The van der Waals surface area contributed by atoms with E-state index in [0.29, 0.717) is 6.42 Å². The van der Waals surface area contributed by atoms with Gasteiger partial charge in [-0.25, -0.2) is 0 Å². The molecule has 0 heterocycles. The van der Waals surface area contributed by atoms with Crippen LogP contribution in [0.3, 0.4) is 0 Å². The summed E-state index contributed by atoms with van der Waals surface area (Å²) < 4.78 is 0. The molecule has 0 N–H and O–H groups in total. The van der Waals surface area contributed by atoms with E-state index in [0.717, 1.165) is 5.57 Å². The summed E-state index contributed by atoms with van der Waals surface area (Å²) in [5.41, 5.74) is 0.805. The molecule has 1 aliphatic carbocycles. The molecule has 0 bridgehead atoms. The van der Waals surface area contributed by atoms with Crippen molar-refractivity contribution in [1.29, 1.82) is 0 Å². The van der Waals surface area contributed by atoms with Crippen LogP contribution in [-0.4, -0.2) is 5.78 Å². The predicted octanol–water partition coefficient (Wildman–Crippen LogP) is 2.65. The Hall–Kier alpha value is -1.11. The molecular weight excluding hydrogens is 148 g/mol. The van der Waals surface area contributed by atoms with Crippen molar-refractivity contribution < 1.29 is 4.79 Å². The van der Waals surface area contributed by atoms with Crippen molar-refractivity contribution >= 4 is 5.78 Å². The molecule has 1 heteroatoms. The second-order valence-corrected chi connectivity index (χ2v) is 3.50. The Balaban J connectivity index is 2.96. The summed E-state index contributed by atoms with van der Waals surface area (Å²) in [6.07, 6.45) is 8.03. The maximum atomic E-state index is 11.5. The molecule has 1 rings (SSSR count). The molecule has 1 unspecified atom stereocenters. The molecule has 0 aromatic carbocycles. The van der Waals surface area contributed by atoms with Gasteiger partial charge in [-0.15, -0.1) is 6.58 Å². The zero-order chi connectivity index (χ0) is 9.19. The molecule has 0 saturated heterocycles. The van der Waals surface area contributed by atoms with Gasteiger partial charge >= 0.3 is 0 Å². The maximum Gasteiger partial charge on any atom is 0.165 e. The van der Waals surface area contributed by atoms with Crippen molar-refractivity contribution in [3.05, 3.63) is 36.5 Å². The first-order valence-corrected chi connectivity index (χ1v) is 4.11. The van der Waals surface area contributed by atoms with Crippen LogP contribution in [0.4, 0.5) is 0 Å². The van der Waals surface area contributed by atoms with E-state index in [2.05, 4.69) is 6.58 Å². The average Bonchev–Trinajstić information content (AvgIpc) is 1.98. The summed E-state index contributed by atoms with van der Waals surface area (Å²) in [7, 11) is 0. The first kappa shape index (κ1) is 8.98. The lowest BCUT2D eigenvalue weighted by molar-refractivity contribution is -0.120. The van der Waals surface area contributed by atoms with Gasteiger partial charge in [0.2, 0.25) is 0 Å². The minimum absolute atomic E-state index is 0.174. The highest BCUT2D eigenvalue weighted by Gasteiger charge is 2.29. The SMILES string of the molecule is C=CCC1(C)C=C(C)C=CC1=O. The van der Waals surface area contributed by atoms with Crippen LogP contribution in [0.5, 0.6) is 0 Å². The van der Waals surface area contributed by atoms with E-state index in [4.69, 9.17) is 0 Å². The summed E-state index contributed by atoms with van der Waals surface area (Å²) in [6.45, 7) is 7.61. The van der Waals surface area contributed by atoms with E-state index in [1.54, 1.807) is 12.2 Å². The van der Waals surface area contributed by atoms with Crippen molar-refractivity contribution in [3.63, 3.8) is 0 Å². The van der Waals surface area contributed by atoms with Crippen LogP contribution in [-0.2, 0) is 4.79 Å². The largest absolute Gasteiger partial charge is 0.294 e. The molecule has 0 saturated carbocycles. The van der Waals surface area contributed by atoms with Crippen LogP contribution < -0.4 is 0 Å². The average molecular weight is 162 g/mol. The first-order chi connectivity index (χ1) is 5.58. The van der Waals surface area contributed by atoms with Gasteiger partial charge in [0.15, 0.2) is 5.78 Å². The molecular formula is C11H14O.